The van der Waals surface area contributed by atoms with Gasteiger partial charge in [-0.25, -0.2) is 9.97 Å². The van der Waals surface area contributed by atoms with E-state index in [0.29, 0.717) is 11.6 Å². The molecule has 4 heteroatoms. The van der Waals surface area contributed by atoms with Gasteiger partial charge in [0.1, 0.15) is 0 Å². The van der Waals surface area contributed by atoms with E-state index in [-0.39, 0.29) is 0 Å². The third kappa shape index (κ3) is 3.02. The molecule has 0 saturated heterocycles. The van der Waals surface area contributed by atoms with E-state index in [1.165, 1.54) is 0 Å². The summed E-state index contributed by atoms with van der Waals surface area (Å²) in [6.07, 6.45) is 6.71. The highest BCUT2D eigenvalue weighted by Crippen LogP contribution is 2.14. The lowest BCUT2D eigenvalue weighted by atomic mass is 10.2. The average molecular weight is 217 g/mol. The molecule has 0 aliphatic rings. The molecule has 0 N–H and O–H groups in total. The summed E-state index contributed by atoms with van der Waals surface area (Å²) < 4.78 is 4.97. The van der Waals surface area contributed by atoms with Crippen molar-refractivity contribution in [3.05, 3.63) is 36.9 Å². The molecule has 0 bridgehead atoms. The summed E-state index contributed by atoms with van der Waals surface area (Å²) in [5, 5.41) is 0. The number of hydrogen-bond donors (Lipinski definition) is 0. The second-order valence-corrected chi connectivity index (χ2v) is 2.68. The van der Waals surface area contributed by atoms with Crippen LogP contribution in [0, 0.1) is 0 Å². The molecule has 0 aromatic carbocycles. The predicted octanol–water partition coefficient (Wildman–Crippen LogP) is 2.57. The molecule has 0 amide bonds. The fourth-order valence-electron chi connectivity index (χ4n) is 1.07. The van der Waals surface area contributed by atoms with Crippen molar-refractivity contribution < 1.29 is 4.74 Å². The maximum atomic E-state index is 4.97. The standard InChI is InChI=1S/C10H9N3O.C2H6/c1-14-9-6-12-10(13-7-9)8-2-4-11-5-3-8;1-2/h2-7H,1H3;1-2H3. The monoisotopic (exact) mass is 217 g/mol. The molecule has 16 heavy (non-hydrogen) atoms. The molecule has 0 spiro atoms. The van der Waals surface area contributed by atoms with Crippen LogP contribution in [0.2, 0.25) is 0 Å². The average Bonchev–Trinajstić information content (AvgIpc) is 2.42. The maximum absolute atomic E-state index is 4.97. The summed E-state index contributed by atoms with van der Waals surface area (Å²) >= 11 is 0. The molecule has 4 nitrogen and oxygen atoms in total. The van der Waals surface area contributed by atoms with E-state index < -0.39 is 0 Å². The van der Waals surface area contributed by atoms with Crippen molar-refractivity contribution in [3.63, 3.8) is 0 Å². The Labute approximate surface area is 95.4 Å². The van der Waals surface area contributed by atoms with Crippen LogP contribution < -0.4 is 4.74 Å². The van der Waals surface area contributed by atoms with E-state index in [9.17, 15) is 0 Å². The zero-order valence-electron chi connectivity index (χ0n) is 9.71. The first-order chi connectivity index (χ1) is 7.90. The molecule has 2 aromatic heterocycles. The van der Waals surface area contributed by atoms with Crippen LogP contribution in [0.5, 0.6) is 5.75 Å². The third-order valence-corrected chi connectivity index (χ3v) is 1.80. The summed E-state index contributed by atoms with van der Waals surface area (Å²) in [6, 6.07) is 3.73. The van der Waals surface area contributed by atoms with Crippen molar-refractivity contribution in [2.75, 3.05) is 7.11 Å². The Hall–Kier alpha value is -1.97. The smallest absolute Gasteiger partial charge is 0.159 e. The minimum absolute atomic E-state index is 0.655. The van der Waals surface area contributed by atoms with E-state index in [1.54, 1.807) is 31.9 Å². The number of hydrogen-bond acceptors (Lipinski definition) is 4. The molecule has 2 aromatic rings. The van der Waals surface area contributed by atoms with Gasteiger partial charge in [-0.15, -0.1) is 0 Å². The molecule has 2 heterocycles. The number of ether oxygens (including phenoxy) is 1. The van der Waals surface area contributed by atoms with E-state index in [1.807, 2.05) is 26.0 Å². The van der Waals surface area contributed by atoms with Gasteiger partial charge in [-0.05, 0) is 12.1 Å². The molecule has 0 aliphatic carbocycles. The summed E-state index contributed by atoms with van der Waals surface area (Å²) in [4.78, 5) is 12.2. The molecular formula is C12H15N3O. The molecule has 84 valence electrons. The second-order valence-electron chi connectivity index (χ2n) is 2.68. The number of pyridine rings is 1. The number of aromatic nitrogens is 3. The molecular weight excluding hydrogens is 202 g/mol. The summed E-state index contributed by atoms with van der Waals surface area (Å²) in [5.41, 5.74) is 0.947. The van der Waals surface area contributed by atoms with Gasteiger partial charge in [0.05, 0.1) is 19.5 Å². The van der Waals surface area contributed by atoms with Gasteiger partial charge >= 0.3 is 0 Å². The first kappa shape index (κ1) is 12.1. The normalized spacial score (nSPS) is 8.94. The fourth-order valence-corrected chi connectivity index (χ4v) is 1.07. The van der Waals surface area contributed by atoms with Crippen LogP contribution in [0.4, 0.5) is 0 Å². The first-order valence-corrected chi connectivity index (χ1v) is 5.16. The van der Waals surface area contributed by atoms with Gasteiger partial charge in [0.2, 0.25) is 0 Å². The van der Waals surface area contributed by atoms with E-state index in [4.69, 9.17) is 4.74 Å². The molecule has 2 rings (SSSR count). The van der Waals surface area contributed by atoms with E-state index in [2.05, 4.69) is 15.0 Å². The van der Waals surface area contributed by atoms with Crippen molar-refractivity contribution >= 4 is 0 Å². The van der Waals surface area contributed by atoms with Gasteiger partial charge in [-0.1, -0.05) is 13.8 Å². The van der Waals surface area contributed by atoms with Crippen LogP contribution in [0.1, 0.15) is 13.8 Å². The largest absolute Gasteiger partial charge is 0.494 e. The highest BCUT2D eigenvalue weighted by atomic mass is 16.5. The minimum Gasteiger partial charge on any atom is -0.494 e. The molecule has 0 saturated carbocycles. The van der Waals surface area contributed by atoms with Crippen LogP contribution in [-0.4, -0.2) is 22.1 Å². The van der Waals surface area contributed by atoms with E-state index >= 15 is 0 Å². The summed E-state index contributed by atoms with van der Waals surface area (Å²) in [7, 11) is 1.59. The Balaban J connectivity index is 0.000000606. The van der Waals surface area contributed by atoms with Gasteiger partial charge < -0.3 is 4.74 Å². The fraction of sp³-hybridized carbons (Fsp3) is 0.250. The quantitative estimate of drug-likeness (QED) is 0.775. The van der Waals surface area contributed by atoms with Gasteiger partial charge in [0, 0.05) is 18.0 Å². The highest BCUT2D eigenvalue weighted by molar-refractivity contribution is 5.53. The summed E-state index contributed by atoms with van der Waals surface area (Å²) in [6.45, 7) is 4.00. The SMILES string of the molecule is CC.COc1cnc(-c2ccncc2)nc1. The van der Waals surface area contributed by atoms with Crippen molar-refractivity contribution in [2.24, 2.45) is 0 Å². The zero-order chi connectivity index (χ0) is 11.8. The number of methoxy groups -OCH3 is 1. The first-order valence-electron chi connectivity index (χ1n) is 5.16. The van der Waals surface area contributed by atoms with Crippen LogP contribution in [0.15, 0.2) is 36.9 Å². The lowest BCUT2D eigenvalue weighted by molar-refractivity contribution is 0.411. The Kier molecular flexibility index (Phi) is 4.92. The van der Waals surface area contributed by atoms with E-state index in [0.717, 1.165) is 5.56 Å². The van der Waals surface area contributed by atoms with Crippen LogP contribution in [-0.2, 0) is 0 Å². The van der Waals surface area contributed by atoms with Crippen molar-refractivity contribution in [2.45, 2.75) is 13.8 Å². The predicted molar refractivity (Wildman–Crippen MR) is 63.2 cm³/mol. The third-order valence-electron chi connectivity index (χ3n) is 1.80. The summed E-state index contributed by atoms with van der Waals surface area (Å²) in [5.74, 6) is 1.33. The minimum atomic E-state index is 0.655. The molecule has 0 unspecified atom stereocenters. The molecule has 0 radical (unpaired) electrons. The van der Waals surface area contributed by atoms with Gasteiger partial charge in [-0.3, -0.25) is 4.98 Å². The zero-order valence-corrected chi connectivity index (χ0v) is 9.71. The Morgan fingerprint density at radius 1 is 1.00 bits per heavy atom. The van der Waals surface area contributed by atoms with Crippen molar-refractivity contribution in [3.8, 4) is 17.1 Å². The maximum Gasteiger partial charge on any atom is 0.159 e. The van der Waals surface area contributed by atoms with Gasteiger partial charge in [0.15, 0.2) is 11.6 Å². The van der Waals surface area contributed by atoms with Gasteiger partial charge in [-0.2, -0.15) is 0 Å². The van der Waals surface area contributed by atoms with Crippen molar-refractivity contribution in [1.29, 1.82) is 0 Å². The highest BCUT2D eigenvalue weighted by Gasteiger charge is 1.99. The van der Waals surface area contributed by atoms with Crippen molar-refractivity contribution in [1.82, 2.24) is 15.0 Å². The topological polar surface area (TPSA) is 47.9 Å². The van der Waals surface area contributed by atoms with Gasteiger partial charge in [0.25, 0.3) is 0 Å². The molecule has 0 fully saturated rings. The molecule has 0 atom stereocenters. The molecule has 0 aliphatic heterocycles. The Morgan fingerprint density at radius 2 is 1.56 bits per heavy atom. The number of rotatable bonds is 2. The van der Waals surface area contributed by atoms with Crippen LogP contribution in [0.25, 0.3) is 11.4 Å². The number of nitrogens with zero attached hydrogens (tertiary/aromatic N) is 3. The lowest BCUT2D eigenvalue weighted by Crippen LogP contribution is -1.90. The Bertz CT molecular complexity index is 400. The Morgan fingerprint density at radius 3 is 2.06 bits per heavy atom. The lowest BCUT2D eigenvalue weighted by Gasteiger charge is -2.00. The van der Waals surface area contributed by atoms with Crippen LogP contribution >= 0.6 is 0 Å². The second kappa shape index (κ2) is 6.50. The van der Waals surface area contributed by atoms with Crippen LogP contribution in [0.3, 0.4) is 0 Å².